The molecule has 1 fully saturated rings. The molecular weight excluding hydrogens is 158 g/mol. The minimum absolute atomic E-state index is 0.538. The van der Waals surface area contributed by atoms with Gasteiger partial charge in [-0.2, -0.15) is 0 Å². The van der Waals surface area contributed by atoms with Crippen LogP contribution in [0.5, 0.6) is 0 Å². The van der Waals surface area contributed by atoms with Crippen molar-refractivity contribution >= 4 is 0 Å². The van der Waals surface area contributed by atoms with Gasteiger partial charge in [0, 0.05) is 0 Å². The average Bonchev–Trinajstić information content (AvgIpc) is 2.63. The molecule has 1 aliphatic rings. The molecular formula is C12H25N. The molecule has 0 unspecified atom stereocenters. The van der Waals surface area contributed by atoms with E-state index < -0.39 is 0 Å². The summed E-state index contributed by atoms with van der Waals surface area (Å²) in [5.41, 5.74) is 6.46. The lowest BCUT2D eigenvalue weighted by Gasteiger charge is -2.31. The van der Waals surface area contributed by atoms with Gasteiger partial charge in [-0.3, -0.25) is 0 Å². The summed E-state index contributed by atoms with van der Waals surface area (Å²) < 4.78 is 0. The highest BCUT2D eigenvalue weighted by molar-refractivity contribution is 4.87. The topological polar surface area (TPSA) is 26.0 Å². The van der Waals surface area contributed by atoms with Gasteiger partial charge in [0.15, 0.2) is 0 Å². The lowest BCUT2D eigenvalue weighted by molar-refractivity contribution is 0.220. The van der Waals surface area contributed by atoms with Gasteiger partial charge in [0.25, 0.3) is 0 Å². The fourth-order valence-corrected chi connectivity index (χ4v) is 2.81. The van der Waals surface area contributed by atoms with Crippen LogP contribution in [-0.4, -0.2) is 6.54 Å². The second kappa shape index (κ2) is 4.99. The van der Waals surface area contributed by atoms with Gasteiger partial charge < -0.3 is 5.73 Å². The fourth-order valence-electron chi connectivity index (χ4n) is 2.81. The van der Waals surface area contributed by atoms with Crippen LogP contribution < -0.4 is 5.73 Å². The Kier molecular flexibility index (Phi) is 4.24. The van der Waals surface area contributed by atoms with Gasteiger partial charge in [0.1, 0.15) is 0 Å². The summed E-state index contributed by atoms with van der Waals surface area (Å²) in [6.45, 7) is 5.55. The van der Waals surface area contributed by atoms with E-state index in [0.29, 0.717) is 5.41 Å². The van der Waals surface area contributed by atoms with Gasteiger partial charge >= 0.3 is 0 Å². The molecule has 0 atom stereocenters. The van der Waals surface area contributed by atoms with Crippen LogP contribution in [0.3, 0.4) is 0 Å². The third kappa shape index (κ3) is 2.70. The summed E-state index contributed by atoms with van der Waals surface area (Å²) in [5.74, 6) is 0.918. The number of rotatable bonds is 5. The molecule has 0 aliphatic heterocycles. The van der Waals surface area contributed by atoms with Gasteiger partial charge in [-0.05, 0) is 37.1 Å². The maximum absolute atomic E-state index is 5.93. The predicted molar refractivity (Wildman–Crippen MR) is 58.6 cm³/mol. The summed E-state index contributed by atoms with van der Waals surface area (Å²) >= 11 is 0. The van der Waals surface area contributed by atoms with Crippen molar-refractivity contribution in [2.24, 2.45) is 17.1 Å². The van der Waals surface area contributed by atoms with Crippen LogP contribution >= 0.6 is 0 Å². The van der Waals surface area contributed by atoms with Crippen LogP contribution in [0.15, 0.2) is 0 Å². The summed E-state index contributed by atoms with van der Waals surface area (Å²) in [5, 5.41) is 0. The van der Waals surface area contributed by atoms with Gasteiger partial charge in [0.2, 0.25) is 0 Å². The molecule has 0 amide bonds. The van der Waals surface area contributed by atoms with E-state index in [-0.39, 0.29) is 0 Å². The molecule has 1 rings (SSSR count). The fraction of sp³-hybridized carbons (Fsp3) is 1.00. The summed E-state index contributed by atoms with van der Waals surface area (Å²) in [6, 6.07) is 0. The van der Waals surface area contributed by atoms with Crippen LogP contribution in [0.25, 0.3) is 0 Å². The molecule has 1 aliphatic carbocycles. The average molecular weight is 183 g/mol. The van der Waals surface area contributed by atoms with E-state index in [1.807, 2.05) is 0 Å². The molecule has 1 nitrogen and oxygen atoms in total. The molecule has 0 heterocycles. The molecule has 0 saturated heterocycles. The van der Waals surface area contributed by atoms with Crippen molar-refractivity contribution in [3.63, 3.8) is 0 Å². The number of hydrogen-bond acceptors (Lipinski definition) is 1. The maximum atomic E-state index is 5.93. The van der Waals surface area contributed by atoms with Crippen molar-refractivity contribution in [2.75, 3.05) is 6.54 Å². The monoisotopic (exact) mass is 183 g/mol. The Bertz CT molecular complexity index is 132. The molecule has 2 N–H and O–H groups in total. The van der Waals surface area contributed by atoms with Crippen molar-refractivity contribution in [1.82, 2.24) is 0 Å². The summed E-state index contributed by atoms with van der Waals surface area (Å²) in [6.07, 6.45) is 9.65. The van der Waals surface area contributed by atoms with Gasteiger partial charge in [0.05, 0.1) is 0 Å². The predicted octanol–water partition coefficient (Wildman–Crippen LogP) is 3.33. The standard InChI is InChI=1S/C12H25N/c1-3-11(4-2)9-12(10-13)7-5-6-8-12/h11H,3-10,13H2,1-2H3. The molecule has 1 saturated carbocycles. The van der Waals surface area contributed by atoms with E-state index in [2.05, 4.69) is 13.8 Å². The minimum Gasteiger partial charge on any atom is -0.330 e. The summed E-state index contributed by atoms with van der Waals surface area (Å²) in [4.78, 5) is 0. The molecule has 0 aromatic carbocycles. The minimum atomic E-state index is 0.538. The zero-order valence-corrected chi connectivity index (χ0v) is 9.31. The molecule has 1 heteroatoms. The molecule has 0 aromatic rings. The maximum Gasteiger partial charge on any atom is -0.00204 e. The molecule has 78 valence electrons. The van der Waals surface area contributed by atoms with E-state index in [1.165, 1.54) is 44.9 Å². The molecule has 0 aromatic heterocycles. The third-order valence-electron chi connectivity index (χ3n) is 3.97. The largest absolute Gasteiger partial charge is 0.330 e. The zero-order chi connectivity index (χ0) is 9.73. The Labute approximate surface area is 83.1 Å². The van der Waals surface area contributed by atoms with Gasteiger partial charge in [-0.25, -0.2) is 0 Å². The Hall–Kier alpha value is -0.0400. The highest BCUT2D eigenvalue weighted by Gasteiger charge is 2.33. The van der Waals surface area contributed by atoms with Crippen LogP contribution in [0, 0.1) is 11.3 Å². The SMILES string of the molecule is CCC(CC)CC1(CN)CCCC1. The van der Waals surface area contributed by atoms with Gasteiger partial charge in [-0.15, -0.1) is 0 Å². The van der Waals surface area contributed by atoms with Gasteiger partial charge in [-0.1, -0.05) is 39.5 Å². The number of hydrogen-bond donors (Lipinski definition) is 1. The Morgan fingerprint density at radius 2 is 1.69 bits per heavy atom. The Morgan fingerprint density at radius 3 is 2.08 bits per heavy atom. The third-order valence-corrected chi connectivity index (χ3v) is 3.97. The van der Waals surface area contributed by atoms with E-state index in [0.717, 1.165) is 12.5 Å². The highest BCUT2D eigenvalue weighted by atomic mass is 14.6. The Balaban J connectivity index is 2.46. The second-order valence-corrected chi connectivity index (χ2v) is 4.80. The first-order valence-electron chi connectivity index (χ1n) is 5.96. The van der Waals surface area contributed by atoms with Crippen molar-refractivity contribution in [3.8, 4) is 0 Å². The van der Waals surface area contributed by atoms with Crippen LogP contribution in [-0.2, 0) is 0 Å². The normalized spacial score (nSPS) is 21.2. The van der Waals surface area contributed by atoms with Crippen molar-refractivity contribution < 1.29 is 0 Å². The smallest absolute Gasteiger partial charge is 0.00204 e. The van der Waals surface area contributed by atoms with Crippen molar-refractivity contribution in [1.29, 1.82) is 0 Å². The molecule has 0 bridgehead atoms. The first-order valence-corrected chi connectivity index (χ1v) is 5.96. The zero-order valence-electron chi connectivity index (χ0n) is 9.31. The quantitative estimate of drug-likeness (QED) is 0.695. The van der Waals surface area contributed by atoms with E-state index in [1.54, 1.807) is 0 Å². The first kappa shape index (κ1) is 11.0. The highest BCUT2D eigenvalue weighted by Crippen LogP contribution is 2.43. The molecule has 0 spiro atoms. The number of nitrogens with two attached hydrogens (primary N) is 1. The van der Waals surface area contributed by atoms with Crippen LogP contribution in [0.2, 0.25) is 0 Å². The van der Waals surface area contributed by atoms with E-state index in [9.17, 15) is 0 Å². The van der Waals surface area contributed by atoms with Crippen LogP contribution in [0.1, 0.15) is 58.8 Å². The van der Waals surface area contributed by atoms with E-state index in [4.69, 9.17) is 5.73 Å². The van der Waals surface area contributed by atoms with Crippen molar-refractivity contribution in [3.05, 3.63) is 0 Å². The Morgan fingerprint density at radius 1 is 1.15 bits per heavy atom. The first-order chi connectivity index (χ1) is 6.26. The molecule has 13 heavy (non-hydrogen) atoms. The van der Waals surface area contributed by atoms with Crippen LogP contribution in [0.4, 0.5) is 0 Å². The summed E-state index contributed by atoms with van der Waals surface area (Å²) in [7, 11) is 0. The lowest BCUT2D eigenvalue weighted by Crippen LogP contribution is -2.29. The second-order valence-electron chi connectivity index (χ2n) is 4.80. The van der Waals surface area contributed by atoms with Crippen molar-refractivity contribution in [2.45, 2.75) is 58.8 Å². The molecule has 0 radical (unpaired) electrons. The lowest BCUT2D eigenvalue weighted by atomic mass is 9.76. The van der Waals surface area contributed by atoms with E-state index >= 15 is 0 Å².